The molecule has 1 aliphatic rings. The summed E-state index contributed by atoms with van der Waals surface area (Å²) in [4.78, 5) is 14.3. The first-order valence-corrected chi connectivity index (χ1v) is 7.51. The number of halogens is 2. The SMILES string of the molecule is Cl.O=C(c1csnn1)N1CCNCC1c1cccc(Cl)c1. The highest BCUT2D eigenvalue weighted by atomic mass is 35.5. The maximum absolute atomic E-state index is 12.5. The van der Waals surface area contributed by atoms with E-state index in [1.165, 1.54) is 11.5 Å². The fourth-order valence-corrected chi connectivity index (χ4v) is 2.99. The quantitative estimate of drug-likeness (QED) is 0.908. The molecule has 1 amide bonds. The Balaban J connectivity index is 0.00000161. The van der Waals surface area contributed by atoms with Crippen LogP contribution in [-0.2, 0) is 0 Å². The molecule has 112 valence electrons. The predicted octanol–water partition coefficient (Wildman–Crippen LogP) is 2.40. The molecule has 3 rings (SSSR count). The third-order valence-electron chi connectivity index (χ3n) is 3.32. The van der Waals surface area contributed by atoms with Gasteiger partial charge in [0.15, 0.2) is 5.69 Å². The van der Waals surface area contributed by atoms with E-state index in [0.29, 0.717) is 23.8 Å². The Morgan fingerprint density at radius 3 is 3.05 bits per heavy atom. The van der Waals surface area contributed by atoms with E-state index < -0.39 is 0 Å². The third kappa shape index (κ3) is 3.52. The summed E-state index contributed by atoms with van der Waals surface area (Å²) in [5, 5.41) is 9.54. The Kier molecular flexibility index (Phi) is 5.52. The summed E-state index contributed by atoms with van der Waals surface area (Å²) in [7, 11) is 0. The van der Waals surface area contributed by atoms with E-state index in [0.717, 1.165) is 12.1 Å². The average Bonchev–Trinajstić information content (AvgIpc) is 3.01. The second kappa shape index (κ2) is 7.17. The van der Waals surface area contributed by atoms with Crippen molar-refractivity contribution in [2.75, 3.05) is 19.6 Å². The standard InChI is InChI=1S/C13H13ClN4OS.ClH/c14-10-3-1-2-9(6-10)12-7-15-4-5-18(12)13(19)11-8-20-17-16-11;/h1-3,6,8,12,15H,4-5,7H2;1H. The maximum Gasteiger partial charge on any atom is 0.275 e. The second-order valence-electron chi connectivity index (χ2n) is 4.56. The lowest BCUT2D eigenvalue weighted by atomic mass is 10.0. The van der Waals surface area contributed by atoms with E-state index in [2.05, 4.69) is 14.9 Å². The molecule has 1 saturated heterocycles. The zero-order chi connectivity index (χ0) is 13.9. The lowest BCUT2D eigenvalue weighted by molar-refractivity contribution is 0.0628. The van der Waals surface area contributed by atoms with E-state index in [-0.39, 0.29) is 24.4 Å². The highest BCUT2D eigenvalue weighted by Crippen LogP contribution is 2.25. The van der Waals surface area contributed by atoms with Crippen LogP contribution >= 0.6 is 35.5 Å². The van der Waals surface area contributed by atoms with Crippen LogP contribution in [0.25, 0.3) is 0 Å². The fourth-order valence-electron chi connectivity index (χ4n) is 2.36. The molecule has 1 unspecified atom stereocenters. The normalized spacial score (nSPS) is 18.1. The first-order chi connectivity index (χ1) is 9.75. The third-order valence-corrected chi connectivity index (χ3v) is 4.06. The molecule has 1 N–H and O–H groups in total. The molecule has 1 aliphatic heterocycles. The molecule has 1 fully saturated rings. The molecule has 1 aromatic carbocycles. The lowest BCUT2D eigenvalue weighted by Gasteiger charge is -2.36. The molecule has 1 aromatic heterocycles. The Labute approximate surface area is 137 Å². The number of hydrogen-bond donors (Lipinski definition) is 1. The summed E-state index contributed by atoms with van der Waals surface area (Å²) in [6.45, 7) is 2.14. The van der Waals surface area contributed by atoms with Crippen LogP contribution in [0, 0.1) is 0 Å². The van der Waals surface area contributed by atoms with Gasteiger partial charge in [0.05, 0.1) is 6.04 Å². The van der Waals surface area contributed by atoms with Gasteiger partial charge in [0.25, 0.3) is 5.91 Å². The molecule has 21 heavy (non-hydrogen) atoms. The molecule has 0 radical (unpaired) electrons. The Hall–Kier alpha value is -1.21. The van der Waals surface area contributed by atoms with Crippen LogP contribution in [-0.4, -0.2) is 40.0 Å². The van der Waals surface area contributed by atoms with Gasteiger partial charge >= 0.3 is 0 Å². The molecule has 1 atom stereocenters. The number of nitrogens with one attached hydrogen (secondary N) is 1. The van der Waals surface area contributed by atoms with Crippen molar-refractivity contribution in [2.24, 2.45) is 0 Å². The van der Waals surface area contributed by atoms with Gasteiger partial charge in [-0.05, 0) is 29.2 Å². The summed E-state index contributed by atoms with van der Waals surface area (Å²) in [5.74, 6) is -0.0785. The topological polar surface area (TPSA) is 58.1 Å². The summed E-state index contributed by atoms with van der Waals surface area (Å²) in [6, 6.07) is 7.59. The maximum atomic E-state index is 12.5. The van der Waals surface area contributed by atoms with Gasteiger partial charge in [-0.1, -0.05) is 28.2 Å². The Bertz CT molecular complexity index is 608. The number of hydrogen-bond acceptors (Lipinski definition) is 5. The van der Waals surface area contributed by atoms with Crippen LogP contribution in [0.1, 0.15) is 22.1 Å². The number of amides is 1. The zero-order valence-corrected chi connectivity index (χ0v) is 13.4. The average molecular weight is 345 g/mol. The van der Waals surface area contributed by atoms with Crippen molar-refractivity contribution in [3.05, 3.63) is 45.9 Å². The smallest absolute Gasteiger partial charge is 0.275 e. The number of benzene rings is 1. The molecule has 5 nitrogen and oxygen atoms in total. The molecule has 2 heterocycles. The van der Waals surface area contributed by atoms with E-state index >= 15 is 0 Å². The molecule has 0 spiro atoms. The minimum atomic E-state index is -0.0785. The van der Waals surface area contributed by atoms with Crippen LogP contribution in [0.3, 0.4) is 0 Å². The minimum Gasteiger partial charge on any atom is -0.328 e. The van der Waals surface area contributed by atoms with Crippen molar-refractivity contribution in [3.63, 3.8) is 0 Å². The zero-order valence-electron chi connectivity index (χ0n) is 11.0. The molecule has 8 heteroatoms. The molecule has 0 bridgehead atoms. The molecule has 2 aromatic rings. The van der Waals surface area contributed by atoms with Crippen LogP contribution in [0.15, 0.2) is 29.6 Å². The van der Waals surface area contributed by atoms with Gasteiger partial charge in [0.2, 0.25) is 0 Å². The van der Waals surface area contributed by atoms with E-state index in [9.17, 15) is 4.79 Å². The number of carbonyl (C=O) groups excluding carboxylic acids is 1. The number of aromatic nitrogens is 2. The monoisotopic (exact) mass is 344 g/mol. The van der Waals surface area contributed by atoms with Crippen molar-refractivity contribution in [2.45, 2.75) is 6.04 Å². The van der Waals surface area contributed by atoms with Crippen LogP contribution < -0.4 is 5.32 Å². The molecule has 0 saturated carbocycles. The molecule has 0 aliphatic carbocycles. The van der Waals surface area contributed by atoms with E-state index in [4.69, 9.17) is 11.6 Å². The van der Waals surface area contributed by atoms with Crippen molar-refractivity contribution in [1.29, 1.82) is 0 Å². The van der Waals surface area contributed by atoms with Gasteiger partial charge in [0, 0.05) is 30.0 Å². The van der Waals surface area contributed by atoms with E-state index in [1.54, 1.807) is 5.38 Å². The van der Waals surface area contributed by atoms with Gasteiger partial charge in [-0.2, -0.15) is 0 Å². The summed E-state index contributed by atoms with van der Waals surface area (Å²) in [5.41, 5.74) is 1.44. The summed E-state index contributed by atoms with van der Waals surface area (Å²) >= 11 is 7.23. The number of rotatable bonds is 2. The molecular weight excluding hydrogens is 331 g/mol. The van der Waals surface area contributed by atoms with Crippen LogP contribution in [0.4, 0.5) is 0 Å². The number of nitrogens with zero attached hydrogens (tertiary/aromatic N) is 3. The first-order valence-electron chi connectivity index (χ1n) is 6.30. The minimum absolute atomic E-state index is 0. The number of piperazine rings is 1. The fraction of sp³-hybridized carbons (Fsp3) is 0.308. The van der Waals surface area contributed by atoms with Gasteiger partial charge in [0.1, 0.15) is 0 Å². The Morgan fingerprint density at radius 2 is 2.33 bits per heavy atom. The van der Waals surface area contributed by atoms with Gasteiger partial charge < -0.3 is 10.2 Å². The highest BCUT2D eigenvalue weighted by molar-refractivity contribution is 7.03. The van der Waals surface area contributed by atoms with Crippen molar-refractivity contribution in [1.82, 2.24) is 19.8 Å². The summed E-state index contributed by atoms with van der Waals surface area (Å²) in [6.07, 6.45) is 0. The predicted molar refractivity (Wildman–Crippen MR) is 85.3 cm³/mol. The van der Waals surface area contributed by atoms with Crippen LogP contribution in [0.5, 0.6) is 0 Å². The van der Waals surface area contributed by atoms with Gasteiger partial charge in [-0.3, -0.25) is 4.79 Å². The Morgan fingerprint density at radius 1 is 1.48 bits per heavy atom. The highest BCUT2D eigenvalue weighted by Gasteiger charge is 2.29. The molecular formula is C13H14Cl2N4OS. The van der Waals surface area contributed by atoms with Crippen LogP contribution in [0.2, 0.25) is 5.02 Å². The lowest BCUT2D eigenvalue weighted by Crippen LogP contribution is -2.48. The van der Waals surface area contributed by atoms with Crippen molar-refractivity contribution in [3.8, 4) is 0 Å². The van der Waals surface area contributed by atoms with Gasteiger partial charge in [-0.15, -0.1) is 17.5 Å². The van der Waals surface area contributed by atoms with E-state index in [1.807, 2.05) is 29.2 Å². The largest absolute Gasteiger partial charge is 0.328 e. The number of carbonyl (C=O) groups is 1. The van der Waals surface area contributed by atoms with Crippen molar-refractivity contribution >= 4 is 41.4 Å². The first kappa shape index (κ1) is 16.2. The second-order valence-corrected chi connectivity index (χ2v) is 5.61. The van der Waals surface area contributed by atoms with Crippen molar-refractivity contribution < 1.29 is 4.79 Å². The summed E-state index contributed by atoms with van der Waals surface area (Å²) < 4.78 is 3.76. The van der Waals surface area contributed by atoms with Gasteiger partial charge in [-0.25, -0.2) is 0 Å².